The molecule has 1 aliphatic heterocycles. The number of para-hydroxylation sites is 1. The molecule has 6 rings (SSSR count). The van der Waals surface area contributed by atoms with Crippen molar-refractivity contribution in [2.45, 2.75) is 6.54 Å². The zero-order valence-electron chi connectivity index (χ0n) is 19.7. The summed E-state index contributed by atoms with van der Waals surface area (Å²) in [6.07, 6.45) is 2.84. The number of rotatable bonds is 5. The van der Waals surface area contributed by atoms with Crippen LogP contribution in [0.5, 0.6) is 11.5 Å². The van der Waals surface area contributed by atoms with E-state index in [-0.39, 0.29) is 5.91 Å². The lowest BCUT2D eigenvalue weighted by molar-refractivity contribution is -0.111. The Morgan fingerprint density at radius 3 is 2.64 bits per heavy atom. The number of nitrogens with zero attached hydrogens (tertiary/aromatic N) is 3. The van der Waals surface area contributed by atoms with Gasteiger partial charge >= 0.3 is 0 Å². The van der Waals surface area contributed by atoms with Crippen LogP contribution in [0, 0.1) is 0 Å². The normalized spacial score (nSPS) is 11.8. The van der Waals surface area contributed by atoms with Gasteiger partial charge in [-0.3, -0.25) is 4.79 Å². The highest BCUT2D eigenvalue weighted by atomic mass is 16.5. The van der Waals surface area contributed by atoms with Crippen LogP contribution in [0.15, 0.2) is 91.8 Å². The number of fused-ring (bicyclic) bond motifs is 2. The van der Waals surface area contributed by atoms with E-state index in [2.05, 4.69) is 43.9 Å². The monoisotopic (exact) mass is 473 g/mol. The molecule has 0 spiro atoms. The van der Waals surface area contributed by atoms with Crippen molar-refractivity contribution in [3.63, 3.8) is 0 Å². The molecule has 3 aromatic carbocycles. The Labute approximate surface area is 208 Å². The first-order valence-electron chi connectivity index (χ1n) is 11.6. The maximum atomic E-state index is 11.7. The molecule has 7 heteroatoms. The number of hydrogen-bond donors (Lipinski definition) is 2. The molecule has 7 nitrogen and oxygen atoms in total. The van der Waals surface area contributed by atoms with E-state index in [1.807, 2.05) is 67.7 Å². The van der Waals surface area contributed by atoms with Gasteiger partial charge in [-0.05, 0) is 59.2 Å². The van der Waals surface area contributed by atoms with Crippen molar-refractivity contribution in [1.82, 2.24) is 14.5 Å². The Morgan fingerprint density at radius 2 is 1.86 bits per heavy atom. The van der Waals surface area contributed by atoms with Gasteiger partial charge in [-0.1, -0.05) is 43.0 Å². The minimum atomic E-state index is -0.243. The van der Waals surface area contributed by atoms with Crippen LogP contribution in [-0.4, -0.2) is 20.4 Å². The van der Waals surface area contributed by atoms with Gasteiger partial charge in [-0.25, -0.2) is 9.97 Å². The molecule has 0 bridgehead atoms. The second-order valence-corrected chi connectivity index (χ2v) is 8.56. The van der Waals surface area contributed by atoms with Crippen molar-refractivity contribution >= 4 is 28.4 Å². The lowest BCUT2D eigenvalue weighted by Crippen LogP contribution is -2.07. The first-order chi connectivity index (χ1) is 17.6. The minimum absolute atomic E-state index is 0.243. The van der Waals surface area contributed by atoms with Crippen LogP contribution in [0.25, 0.3) is 33.4 Å². The van der Waals surface area contributed by atoms with E-state index in [1.54, 1.807) is 6.33 Å². The molecule has 0 saturated carbocycles. The Bertz CT molecular complexity index is 1620. The smallest absolute Gasteiger partial charge is 0.247 e. The van der Waals surface area contributed by atoms with Gasteiger partial charge in [0.2, 0.25) is 5.91 Å². The third-order valence-electron chi connectivity index (χ3n) is 6.35. The number of aryl methyl sites for hydroxylation is 1. The van der Waals surface area contributed by atoms with Crippen LogP contribution < -0.4 is 15.4 Å². The predicted molar refractivity (Wildman–Crippen MR) is 142 cm³/mol. The molecule has 0 unspecified atom stereocenters. The summed E-state index contributed by atoms with van der Waals surface area (Å²) in [7, 11) is 2.01. The summed E-state index contributed by atoms with van der Waals surface area (Å²) in [4.78, 5) is 20.9. The van der Waals surface area contributed by atoms with Crippen LogP contribution in [-0.2, 0) is 18.4 Å². The highest BCUT2D eigenvalue weighted by Gasteiger charge is 2.26. The Kier molecular flexibility index (Phi) is 5.22. The molecule has 1 aliphatic rings. The van der Waals surface area contributed by atoms with Crippen LogP contribution in [0.3, 0.4) is 0 Å². The molecular formula is C29H23N5O2. The molecular weight excluding hydrogens is 450 g/mol. The van der Waals surface area contributed by atoms with Gasteiger partial charge in [0.1, 0.15) is 29.3 Å². The van der Waals surface area contributed by atoms with Crippen molar-refractivity contribution in [3.05, 3.63) is 97.3 Å². The third kappa shape index (κ3) is 3.67. The van der Waals surface area contributed by atoms with E-state index in [4.69, 9.17) is 4.74 Å². The van der Waals surface area contributed by atoms with Gasteiger partial charge < -0.3 is 19.9 Å². The van der Waals surface area contributed by atoms with E-state index >= 15 is 0 Å². The number of hydrogen-bond acceptors (Lipinski definition) is 5. The molecule has 2 aromatic heterocycles. The summed E-state index contributed by atoms with van der Waals surface area (Å²) in [5, 5.41) is 7.27. The van der Waals surface area contributed by atoms with Crippen LogP contribution >= 0.6 is 0 Å². The van der Waals surface area contributed by atoms with E-state index in [0.717, 1.165) is 56.3 Å². The van der Waals surface area contributed by atoms with Gasteiger partial charge in [0.15, 0.2) is 0 Å². The fourth-order valence-electron chi connectivity index (χ4n) is 4.72. The number of anilines is 2. The SMILES string of the molecule is C=CC(=O)Nc1ccc(-c2c3c4c(ncnc4n2C)NCc2cc(Oc4ccccc4)ccc2-3)cc1. The topological polar surface area (TPSA) is 81.1 Å². The highest BCUT2D eigenvalue weighted by molar-refractivity contribution is 6.09. The molecule has 36 heavy (non-hydrogen) atoms. The fourth-order valence-corrected chi connectivity index (χ4v) is 4.72. The maximum absolute atomic E-state index is 11.7. The molecule has 2 N–H and O–H groups in total. The summed E-state index contributed by atoms with van der Waals surface area (Å²) in [5.41, 5.74) is 6.85. The molecule has 0 aliphatic carbocycles. The van der Waals surface area contributed by atoms with Crippen molar-refractivity contribution in [2.75, 3.05) is 10.6 Å². The predicted octanol–water partition coefficient (Wildman–Crippen LogP) is 6.14. The van der Waals surface area contributed by atoms with E-state index < -0.39 is 0 Å². The van der Waals surface area contributed by atoms with Crippen LogP contribution in [0.2, 0.25) is 0 Å². The number of nitrogens with one attached hydrogen (secondary N) is 2. The van der Waals surface area contributed by atoms with E-state index in [1.165, 1.54) is 6.08 Å². The minimum Gasteiger partial charge on any atom is -0.457 e. The van der Waals surface area contributed by atoms with E-state index in [9.17, 15) is 4.79 Å². The van der Waals surface area contributed by atoms with Crippen LogP contribution in [0.4, 0.5) is 11.5 Å². The highest BCUT2D eigenvalue weighted by Crippen LogP contribution is 2.46. The molecule has 5 aromatic rings. The zero-order chi connectivity index (χ0) is 24.6. The van der Waals surface area contributed by atoms with Gasteiger partial charge in [0.05, 0.1) is 11.1 Å². The Balaban J connectivity index is 1.49. The number of amides is 1. The van der Waals surface area contributed by atoms with Crippen LogP contribution in [0.1, 0.15) is 5.56 Å². The van der Waals surface area contributed by atoms with Crippen molar-refractivity contribution < 1.29 is 9.53 Å². The van der Waals surface area contributed by atoms with Gasteiger partial charge in [-0.15, -0.1) is 0 Å². The molecule has 0 radical (unpaired) electrons. The Hall–Kier alpha value is -4.91. The maximum Gasteiger partial charge on any atom is 0.247 e. The molecule has 3 heterocycles. The largest absolute Gasteiger partial charge is 0.457 e. The number of aromatic nitrogens is 3. The van der Waals surface area contributed by atoms with Crippen molar-refractivity contribution in [2.24, 2.45) is 7.05 Å². The molecule has 0 saturated heterocycles. The fraction of sp³-hybridized carbons (Fsp3) is 0.0690. The number of benzene rings is 3. The van der Waals surface area contributed by atoms with Crippen molar-refractivity contribution in [3.8, 4) is 33.9 Å². The first kappa shape index (κ1) is 21.6. The molecule has 176 valence electrons. The molecule has 0 atom stereocenters. The third-order valence-corrected chi connectivity index (χ3v) is 6.35. The summed E-state index contributed by atoms with van der Waals surface area (Å²) in [6.45, 7) is 4.12. The summed E-state index contributed by atoms with van der Waals surface area (Å²) in [6, 6.07) is 23.7. The summed E-state index contributed by atoms with van der Waals surface area (Å²) < 4.78 is 8.20. The lowest BCUT2D eigenvalue weighted by Gasteiger charge is -2.14. The van der Waals surface area contributed by atoms with Crippen molar-refractivity contribution in [1.29, 1.82) is 0 Å². The number of ether oxygens (including phenoxy) is 1. The van der Waals surface area contributed by atoms with Gasteiger partial charge in [0.25, 0.3) is 0 Å². The second-order valence-electron chi connectivity index (χ2n) is 8.56. The molecule has 0 fully saturated rings. The van der Waals surface area contributed by atoms with Gasteiger partial charge in [0, 0.05) is 24.8 Å². The lowest BCUT2D eigenvalue weighted by atomic mass is 9.95. The first-order valence-corrected chi connectivity index (χ1v) is 11.6. The second kappa shape index (κ2) is 8.70. The standard InChI is InChI=1S/C29H23N5O2/c1-3-24(35)33-20-11-9-18(10-12-20)27-25-23-14-13-22(36-21-7-5-4-6-8-21)15-19(23)16-30-28-26(25)29(34(27)2)32-17-31-28/h3-15,17H,1,16H2,2H3,(H,33,35)(H,30,31,32). The summed E-state index contributed by atoms with van der Waals surface area (Å²) >= 11 is 0. The zero-order valence-corrected chi connectivity index (χ0v) is 19.7. The Morgan fingerprint density at radius 1 is 1.06 bits per heavy atom. The number of carbonyl (C=O) groups excluding carboxylic acids is 1. The molecule has 1 amide bonds. The van der Waals surface area contributed by atoms with E-state index in [0.29, 0.717) is 12.2 Å². The average molecular weight is 474 g/mol. The average Bonchev–Trinajstić information content (AvgIpc) is 3.10. The summed E-state index contributed by atoms with van der Waals surface area (Å²) in [5.74, 6) is 2.12. The number of carbonyl (C=O) groups is 1. The van der Waals surface area contributed by atoms with Gasteiger partial charge in [-0.2, -0.15) is 0 Å². The quantitative estimate of drug-likeness (QED) is 0.300.